The van der Waals surface area contributed by atoms with E-state index in [0.29, 0.717) is 11.8 Å². The van der Waals surface area contributed by atoms with Crippen molar-refractivity contribution in [2.24, 2.45) is 17.8 Å². The van der Waals surface area contributed by atoms with E-state index in [1.165, 1.54) is 30.4 Å². The summed E-state index contributed by atoms with van der Waals surface area (Å²) < 4.78 is 0. The summed E-state index contributed by atoms with van der Waals surface area (Å²) in [5.41, 5.74) is 2.69. The summed E-state index contributed by atoms with van der Waals surface area (Å²) in [5.74, 6) is 2.27. The van der Waals surface area contributed by atoms with Crippen molar-refractivity contribution in [1.82, 2.24) is 0 Å². The van der Waals surface area contributed by atoms with Gasteiger partial charge in [-0.05, 0) is 44.4 Å². The largest absolute Gasteiger partial charge is 0.0998 e. The molecular weight excluding hydrogens is 156 g/mol. The van der Waals surface area contributed by atoms with E-state index in [4.69, 9.17) is 0 Å². The van der Waals surface area contributed by atoms with E-state index < -0.39 is 0 Å². The summed E-state index contributed by atoms with van der Waals surface area (Å²) in [6, 6.07) is 0. The Morgan fingerprint density at radius 3 is 2.00 bits per heavy atom. The smallest absolute Gasteiger partial charge is 0.0141 e. The number of hydrogen-bond donors (Lipinski definition) is 0. The summed E-state index contributed by atoms with van der Waals surface area (Å²) in [6.07, 6.45) is 3.99. The SMILES string of the molecule is C=C(C)C1CCC(C)CC1C(=C)C. The maximum Gasteiger partial charge on any atom is -0.0141 e. The lowest BCUT2D eigenvalue weighted by atomic mass is 9.70. The molecule has 0 heterocycles. The van der Waals surface area contributed by atoms with Crippen LogP contribution in [0.25, 0.3) is 0 Å². The fraction of sp³-hybridized carbons (Fsp3) is 0.692. The molecule has 0 heteroatoms. The van der Waals surface area contributed by atoms with Gasteiger partial charge in [-0.1, -0.05) is 37.6 Å². The van der Waals surface area contributed by atoms with Gasteiger partial charge in [0.2, 0.25) is 0 Å². The van der Waals surface area contributed by atoms with E-state index in [2.05, 4.69) is 33.9 Å². The first-order valence-electron chi connectivity index (χ1n) is 5.33. The number of hydrogen-bond acceptors (Lipinski definition) is 0. The van der Waals surface area contributed by atoms with Crippen molar-refractivity contribution in [2.75, 3.05) is 0 Å². The molecule has 0 amide bonds. The predicted molar refractivity (Wildman–Crippen MR) is 59.6 cm³/mol. The molecule has 1 saturated carbocycles. The molecule has 0 bridgehead atoms. The van der Waals surface area contributed by atoms with Gasteiger partial charge >= 0.3 is 0 Å². The molecule has 74 valence electrons. The first kappa shape index (κ1) is 10.6. The Labute approximate surface area is 82.7 Å². The maximum absolute atomic E-state index is 4.10. The molecule has 1 aliphatic carbocycles. The Bertz CT molecular complexity index is 212. The molecule has 13 heavy (non-hydrogen) atoms. The molecule has 0 nitrogen and oxygen atoms in total. The average Bonchev–Trinajstić information content (AvgIpc) is 2.03. The van der Waals surface area contributed by atoms with E-state index in [1.54, 1.807) is 0 Å². The molecule has 1 rings (SSSR count). The van der Waals surface area contributed by atoms with Gasteiger partial charge in [0.1, 0.15) is 0 Å². The quantitative estimate of drug-likeness (QED) is 0.556. The third-order valence-corrected chi connectivity index (χ3v) is 3.38. The Balaban J connectivity index is 2.72. The van der Waals surface area contributed by atoms with Gasteiger partial charge in [-0.2, -0.15) is 0 Å². The topological polar surface area (TPSA) is 0 Å². The van der Waals surface area contributed by atoms with Gasteiger partial charge in [0.05, 0.1) is 0 Å². The molecule has 0 radical (unpaired) electrons. The van der Waals surface area contributed by atoms with Crippen LogP contribution in [0.4, 0.5) is 0 Å². The van der Waals surface area contributed by atoms with Gasteiger partial charge < -0.3 is 0 Å². The Hall–Kier alpha value is -0.520. The third kappa shape index (κ3) is 2.46. The van der Waals surface area contributed by atoms with Gasteiger partial charge in [-0.3, -0.25) is 0 Å². The molecule has 3 unspecified atom stereocenters. The van der Waals surface area contributed by atoms with Crippen LogP contribution < -0.4 is 0 Å². The fourth-order valence-corrected chi connectivity index (χ4v) is 2.52. The zero-order valence-electron chi connectivity index (χ0n) is 9.27. The highest BCUT2D eigenvalue weighted by molar-refractivity contribution is 5.10. The Kier molecular flexibility index (Phi) is 3.35. The standard InChI is InChI=1S/C13H22/c1-9(2)12-7-6-11(5)8-13(12)10(3)4/h11-13H,1,3,6-8H2,2,4-5H3. The highest BCUT2D eigenvalue weighted by Gasteiger charge is 2.29. The van der Waals surface area contributed by atoms with Crippen LogP contribution in [-0.2, 0) is 0 Å². The summed E-state index contributed by atoms with van der Waals surface area (Å²) in [7, 11) is 0. The predicted octanol–water partition coefficient (Wildman–Crippen LogP) is 4.19. The summed E-state index contributed by atoms with van der Waals surface area (Å²) in [4.78, 5) is 0. The molecule has 1 aliphatic rings. The van der Waals surface area contributed by atoms with Crippen LogP contribution in [0.2, 0.25) is 0 Å². The minimum Gasteiger partial charge on any atom is -0.0998 e. The minimum atomic E-state index is 0.696. The van der Waals surface area contributed by atoms with Crippen molar-refractivity contribution in [3.8, 4) is 0 Å². The second-order valence-corrected chi connectivity index (χ2v) is 4.82. The van der Waals surface area contributed by atoms with E-state index in [0.717, 1.165) is 5.92 Å². The van der Waals surface area contributed by atoms with Gasteiger partial charge in [0, 0.05) is 0 Å². The normalized spacial score (nSPS) is 34.2. The van der Waals surface area contributed by atoms with E-state index in [9.17, 15) is 0 Å². The Morgan fingerprint density at radius 2 is 1.54 bits per heavy atom. The molecule has 0 aliphatic heterocycles. The van der Waals surface area contributed by atoms with Crippen LogP contribution in [0.15, 0.2) is 24.3 Å². The van der Waals surface area contributed by atoms with Crippen LogP contribution in [0.1, 0.15) is 40.0 Å². The lowest BCUT2D eigenvalue weighted by molar-refractivity contribution is 0.247. The molecular formula is C13H22. The molecule has 1 fully saturated rings. The van der Waals surface area contributed by atoms with Crippen molar-refractivity contribution in [3.05, 3.63) is 24.3 Å². The second-order valence-electron chi connectivity index (χ2n) is 4.82. The molecule has 3 atom stereocenters. The molecule has 0 aromatic rings. The van der Waals surface area contributed by atoms with Crippen molar-refractivity contribution in [2.45, 2.75) is 40.0 Å². The van der Waals surface area contributed by atoms with Gasteiger partial charge in [-0.25, -0.2) is 0 Å². The highest BCUT2D eigenvalue weighted by atomic mass is 14.3. The molecule has 0 aromatic carbocycles. The van der Waals surface area contributed by atoms with Crippen LogP contribution in [0.3, 0.4) is 0 Å². The van der Waals surface area contributed by atoms with Gasteiger partial charge in [-0.15, -0.1) is 0 Å². The van der Waals surface area contributed by atoms with Crippen LogP contribution in [-0.4, -0.2) is 0 Å². The van der Waals surface area contributed by atoms with Crippen LogP contribution >= 0.6 is 0 Å². The van der Waals surface area contributed by atoms with E-state index in [-0.39, 0.29) is 0 Å². The molecule has 0 saturated heterocycles. The van der Waals surface area contributed by atoms with Crippen LogP contribution in [0.5, 0.6) is 0 Å². The average molecular weight is 178 g/mol. The molecule has 0 spiro atoms. The first-order chi connectivity index (χ1) is 6.02. The summed E-state index contributed by atoms with van der Waals surface area (Å²) in [5, 5.41) is 0. The number of allylic oxidation sites excluding steroid dienone is 2. The second kappa shape index (κ2) is 4.13. The van der Waals surface area contributed by atoms with Crippen molar-refractivity contribution >= 4 is 0 Å². The van der Waals surface area contributed by atoms with Gasteiger partial charge in [0.25, 0.3) is 0 Å². The fourth-order valence-electron chi connectivity index (χ4n) is 2.52. The minimum absolute atomic E-state index is 0.696. The van der Waals surface area contributed by atoms with Crippen LogP contribution in [0, 0.1) is 17.8 Å². The lowest BCUT2D eigenvalue weighted by Gasteiger charge is -2.35. The zero-order valence-corrected chi connectivity index (χ0v) is 9.27. The zero-order chi connectivity index (χ0) is 10.0. The number of rotatable bonds is 2. The third-order valence-electron chi connectivity index (χ3n) is 3.38. The monoisotopic (exact) mass is 178 g/mol. The van der Waals surface area contributed by atoms with E-state index >= 15 is 0 Å². The van der Waals surface area contributed by atoms with Crippen molar-refractivity contribution < 1.29 is 0 Å². The maximum atomic E-state index is 4.10. The van der Waals surface area contributed by atoms with Gasteiger partial charge in [0.15, 0.2) is 0 Å². The lowest BCUT2D eigenvalue weighted by Crippen LogP contribution is -2.25. The summed E-state index contributed by atoms with van der Waals surface area (Å²) in [6.45, 7) is 14.9. The Morgan fingerprint density at radius 1 is 1.00 bits per heavy atom. The first-order valence-corrected chi connectivity index (χ1v) is 5.33. The van der Waals surface area contributed by atoms with E-state index in [1.807, 2.05) is 0 Å². The highest BCUT2D eigenvalue weighted by Crippen LogP contribution is 2.40. The molecule has 0 N–H and O–H groups in total. The van der Waals surface area contributed by atoms with Crippen molar-refractivity contribution in [1.29, 1.82) is 0 Å². The summed E-state index contributed by atoms with van der Waals surface area (Å²) >= 11 is 0. The molecule has 0 aromatic heterocycles. The van der Waals surface area contributed by atoms with Crippen molar-refractivity contribution in [3.63, 3.8) is 0 Å².